The number of rotatable bonds is 6. The van der Waals surface area contributed by atoms with Crippen molar-refractivity contribution in [2.45, 2.75) is 33.2 Å². The number of nitrogens with two attached hydrogens (primary N) is 1. The highest BCUT2D eigenvalue weighted by atomic mass is 16.5. The predicted octanol–water partition coefficient (Wildman–Crippen LogP) is 1.92. The van der Waals surface area contributed by atoms with Crippen molar-refractivity contribution in [3.63, 3.8) is 0 Å². The molecule has 0 unspecified atom stereocenters. The smallest absolute Gasteiger partial charge is 0.257 e. The maximum absolute atomic E-state index is 11.5. The lowest BCUT2D eigenvalue weighted by Crippen LogP contribution is -2.29. The maximum Gasteiger partial charge on any atom is 0.257 e. The highest BCUT2D eigenvalue weighted by molar-refractivity contribution is 5.77. The molecule has 0 spiro atoms. The Balaban J connectivity index is 2.65. The Bertz CT molecular complexity index is 403. The molecule has 0 aliphatic rings. The van der Waals surface area contributed by atoms with Crippen LogP contribution >= 0.6 is 0 Å². The summed E-state index contributed by atoms with van der Waals surface area (Å²) in [4.78, 5) is 11.5. The van der Waals surface area contributed by atoms with Gasteiger partial charge in [-0.05, 0) is 31.9 Å². The standard InChI is InChI=1S/C14H22N2O2/c1-4-7-16-14(17)9-18-13-8-10(2)5-6-12(13)11(3)15/h5-6,8,11H,4,7,9,15H2,1-3H3,(H,16,17)/t11-/m0/s1. The molecule has 1 aromatic rings. The summed E-state index contributed by atoms with van der Waals surface area (Å²) in [6.45, 7) is 6.60. The Morgan fingerprint density at radius 2 is 2.22 bits per heavy atom. The van der Waals surface area contributed by atoms with Crippen LogP contribution in [0.4, 0.5) is 0 Å². The molecule has 0 aliphatic carbocycles. The molecule has 0 saturated carbocycles. The molecule has 100 valence electrons. The monoisotopic (exact) mass is 250 g/mol. The largest absolute Gasteiger partial charge is 0.483 e. The van der Waals surface area contributed by atoms with Crippen molar-refractivity contribution in [2.24, 2.45) is 5.73 Å². The van der Waals surface area contributed by atoms with Gasteiger partial charge in [-0.3, -0.25) is 4.79 Å². The van der Waals surface area contributed by atoms with Gasteiger partial charge in [-0.25, -0.2) is 0 Å². The van der Waals surface area contributed by atoms with E-state index >= 15 is 0 Å². The van der Waals surface area contributed by atoms with E-state index in [1.54, 1.807) is 0 Å². The van der Waals surface area contributed by atoms with Crippen LogP contribution in [0.2, 0.25) is 0 Å². The molecule has 18 heavy (non-hydrogen) atoms. The number of nitrogens with one attached hydrogen (secondary N) is 1. The van der Waals surface area contributed by atoms with Crippen molar-refractivity contribution in [3.8, 4) is 5.75 Å². The Labute approximate surface area is 109 Å². The molecule has 0 bridgehead atoms. The first-order chi connectivity index (χ1) is 8.54. The molecule has 0 heterocycles. The number of benzene rings is 1. The molecule has 4 nitrogen and oxygen atoms in total. The van der Waals surface area contributed by atoms with Crippen molar-refractivity contribution in [1.29, 1.82) is 0 Å². The third-order valence-corrected chi connectivity index (χ3v) is 2.59. The quantitative estimate of drug-likeness (QED) is 0.810. The summed E-state index contributed by atoms with van der Waals surface area (Å²) in [5.74, 6) is 0.589. The third-order valence-electron chi connectivity index (χ3n) is 2.59. The number of hydrogen-bond acceptors (Lipinski definition) is 3. The van der Waals surface area contributed by atoms with Gasteiger partial charge in [0.2, 0.25) is 0 Å². The normalized spacial score (nSPS) is 12.0. The predicted molar refractivity (Wildman–Crippen MR) is 72.6 cm³/mol. The van der Waals surface area contributed by atoms with Crippen molar-refractivity contribution in [3.05, 3.63) is 29.3 Å². The molecule has 0 fully saturated rings. The van der Waals surface area contributed by atoms with E-state index in [9.17, 15) is 4.79 Å². The lowest BCUT2D eigenvalue weighted by Gasteiger charge is -2.14. The van der Waals surface area contributed by atoms with Gasteiger partial charge in [-0.1, -0.05) is 19.1 Å². The Morgan fingerprint density at radius 1 is 1.50 bits per heavy atom. The number of aryl methyl sites for hydroxylation is 1. The molecule has 4 heteroatoms. The second kappa shape index (κ2) is 7.01. The van der Waals surface area contributed by atoms with Gasteiger partial charge in [0.05, 0.1) is 0 Å². The minimum Gasteiger partial charge on any atom is -0.483 e. The summed E-state index contributed by atoms with van der Waals surface area (Å²) in [5, 5.41) is 2.77. The zero-order valence-electron chi connectivity index (χ0n) is 11.3. The minimum absolute atomic E-state index is 0.0309. The van der Waals surface area contributed by atoms with Crippen LogP contribution in [-0.2, 0) is 4.79 Å². The van der Waals surface area contributed by atoms with E-state index in [4.69, 9.17) is 10.5 Å². The topological polar surface area (TPSA) is 64.3 Å². The van der Waals surface area contributed by atoms with Crippen LogP contribution in [0.3, 0.4) is 0 Å². The van der Waals surface area contributed by atoms with Crippen LogP contribution in [0.1, 0.15) is 37.4 Å². The SMILES string of the molecule is CCCNC(=O)COc1cc(C)ccc1[C@H](C)N. The van der Waals surface area contributed by atoms with Gasteiger partial charge in [0.15, 0.2) is 6.61 Å². The summed E-state index contributed by atoms with van der Waals surface area (Å²) in [5.41, 5.74) is 7.88. The number of carbonyl (C=O) groups excluding carboxylic acids is 1. The Hall–Kier alpha value is -1.55. The fourth-order valence-corrected chi connectivity index (χ4v) is 1.60. The molecular formula is C14H22N2O2. The zero-order chi connectivity index (χ0) is 13.5. The average molecular weight is 250 g/mol. The van der Waals surface area contributed by atoms with E-state index < -0.39 is 0 Å². The number of hydrogen-bond donors (Lipinski definition) is 2. The second-order valence-corrected chi connectivity index (χ2v) is 4.47. The summed E-state index contributed by atoms with van der Waals surface area (Å²) in [6, 6.07) is 5.73. The highest BCUT2D eigenvalue weighted by Gasteiger charge is 2.10. The summed E-state index contributed by atoms with van der Waals surface area (Å²) in [7, 11) is 0. The molecule has 1 rings (SSSR count). The zero-order valence-corrected chi connectivity index (χ0v) is 11.3. The van der Waals surface area contributed by atoms with E-state index in [0.717, 1.165) is 17.5 Å². The van der Waals surface area contributed by atoms with Crippen molar-refractivity contribution >= 4 is 5.91 Å². The van der Waals surface area contributed by atoms with Crippen molar-refractivity contribution < 1.29 is 9.53 Å². The Kier molecular flexibility index (Phi) is 5.65. The van der Waals surface area contributed by atoms with Gasteiger partial charge in [-0.15, -0.1) is 0 Å². The first-order valence-corrected chi connectivity index (χ1v) is 6.30. The molecule has 0 radical (unpaired) electrons. The van der Waals surface area contributed by atoms with Crippen LogP contribution in [0.15, 0.2) is 18.2 Å². The molecule has 0 aromatic heterocycles. The fourth-order valence-electron chi connectivity index (χ4n) is 1.60. The lowest BCUT2D eigenvalue weighted by molar-refractivity contribution is -0.123. The molecule has 1 amide bonds. The maximum atomic E-state index is 11.5. The molecular weight excluding hydrogens is 228 g/mol. The molecule has 3 N–H and O–H groups in total. The number of ether oxygens (including phenoxy) is 1. The summed E-state index contributed by atoms with van der Waals surface area (Å²) in [6.07, 6.45) is 0.918. The van der Waals surface area contributed by atoms with Crippen LogP contribution in [0, 0.1) is 6.92 Å². The van der Waals surface area contributed by atoms with Gasteiger partial charge < -0.3 is 15.8 Å². The van der Waals surface area contributed by atoms with Crippen LogP contribution in [-0.4, -0.2) is 19.1 Å². The lowest BCUT2D eigenvalue weighted by atomic mass is 10.1. The van der Waals surface area contributed by atoms with Crippen molar-refractivity contribution in [1.82, 2.24) is 5.32 Å². The van der Waals surface area contributed by atoms with E-state index in [-0.39, 0.29) is 18.6 Å². The van der Waals surface area contributed by atoms with Gasteiger partial charge in [-0.2, -0.15) is 0 Å². The van der Waals surface area contributed by atoms with E-state index in [1.165, 1.54) is 0 Å². The first kappa shape index (κ1) is 14.5. The van der Waals surface area contributed by atoms with E-state index in [1.807, 2.05) is 39.0 Å². The third kappa shape index (κ3) is 4.37. The van der Waals surface area contributed by atoms with Crippen LogP contribution in [0.25, 0.3) is 0 Å². The van der Waals surface area contributed by atoms with Crippen molar-refractivity contribution in [2.75, 3.05) is 13.2 Å². The minimum atomic E-state index is -0.112. The molecule has 1 aromatic carbocycles. The van der Waals surface area contributed by atoms with E-state index in [2.05, 4.69) is 5.32 Å². The Morgan fingerprint density at radius 3 is 2.83 bits per heavy atom. The van der Waals surface area contributed by atoms with E-state index in [0.29, 0.717) is 12.3 Å². The number of carbonyl (C=O) groups is 1. The van der Waals surface area contributed by atoms with Crippen LogP contribution in [0.5, 0.6) is 5.75 Å². The second-order valence-electron chi connectivity index (χ2n) is 4.47. The highest BCUT2D eigenvalue weighted by Crippen LogP contribution is 2.24. The summed E-state index contributed by atoms with van der Waals surface area (Å²) >= 11 is 0. The summed E-state index contributed by atoms with van der Waals surface area (Å²) < 4.78 is 5.55. The average Bonchev–Trinajstić information content (AvgIpc) is 2.33. The molecule has 0 aliphatic heterocycles. The van der Waals surface area contributed by atoms with Gasteiger partial charge in [0.25, 0.3) is 5.91 Å². The fraction of sp³-hybridized carbons (Fsp3) is 0.500. The molecule has 0 saturated heterocycles. The number of amides is 1. The van der Waals surface area contributed by atoms with Gasteiger partial charge in [0.1, 0.15) is 5.75 Å². The molecule has 1 atom stereocenters. The van der Waals surface area contributed by atoms with Gasteiger partial charge in [0, 0.05) is 18.2 Å². The van der Waals surface area contributed by atoms with Crippen LogP contribution < -0.4 is 15.8 Å². The first-order valence-electron chi connectivity index (χ1n) is 6.30. The van der Waals surface area contributed by atoms with Gasteiger partial charge >= 0.3 is 0 Å².